The molecule has 2 unspecified atom stereocenters. The Hall–Kier alpha value is -0.650. The normalized spacial score (nSPS) is 21.8. The molecule has 0 aromatic carbocycles. The molecule has 1 aromatic heterocycles. The third kappa shape index (κ3) is 4.16. The van der Waals surface area contributed by atoms with Crippen LogP contribution in [0.1, 0.15) is 24.6 Å². The zero-order valence-corrected chi connectivity index (χ0v) is 13.4. The molecule has 1 fully saturated rings. The van der Waals surface area contributed by atoms with Gasteiger partial charge in [-0.3, -0.25) is 4.79 Å². The van der Waals surface area contributed by atoms with E-state index in [0.717, 1.165) is 35.3 Å². The van der Waals surface area contributed by atoms with Crippen molar-refractivity contribution in [1.29, 1.82) is 0 Å². The average Bonchev–Trinajstić information content (AvgIpc) is 2.82. The van der Waals surface area contributed by atoms with Gasteiger partial charge in [-0.2, -0.15) is 0 Å². The van der Waals surface area contributed by atoms with Gasteiger partial charge in [-0.25, -0.2) is 0 Å². The van der Waals surface area contributed by atoms with Crippen molar-refractivity contribution in [3.63, 3.8) is 0 Å². The summed E-state index contributed by atoms with van der Waals surface area (Å²) in [4.78, 5) is 15.1. The number of carbonyl (C=O) groups excluding carboxylic acids is 1. The van der Waals surface area contributed by atoms with Gasteiger partial charge in [0.25, 0.3) is 0 Å². The fourth-order valence-electron chi connectivity index (χ4n) is 2.31. The van der Waals surface area contributed by atoms with Crippen LogP contribution in [0.5, 0.6) is 0 Å². The topological polar surface area (TPSA) is 46.3 Å². The fourth-order valence-corrected chi connectivity index (χ4v) is 3.65. The summed E-state index contributed by atoms with van der Waals surface area (Å²) in [6.07, 6.45) is 5.73. The Balaban J connectivity index is 1.94. The molecule has 2 rings (SSSR count). The molecule has 3 nitrogen and oxygen atoms in total. The minimum absolute atomic E-state index is 0.0925. The summed E-state index contributed by atoms with van der Waals surface area (Å²) >= 11 is 5.03. The maximum atomic E-state index is 12.1. The van der Waals surface area contributed by atoms with Crippen LogP contribution in [-0.4, -0.2) is 29.9 Å². The Labute approximate surface area is 126 Å². The highest BCUT2D eigenvalue weighted by molar-refractivity contribution is 9.10. The SMILES string of the molecule is CC(N)C1CCCN(C(=O)/C=C/c2cc(Br)cs2)C1. The first-order chi connectivity index (χ1) is 9.06. The van der Waals surface area contributed by atoms with Crippen LogP contribution in [0.4, 0.5) is 0 Å². The standard InChI is InChI=1S/C14H19BrN2OS/c1-10(16)11-3-2-6-17(8-11)14(18)5-4-13-7-12(15)9-19-13/h4-5,7,9-11H,2-3,6,8,16H2,1H3/b5-4+. The maximum Gasteiger partial charge on any atom is 0.246 e. The highest BCUT2D eigenvalue weighted by Gasteiger charge is 2.24. The Morgan fingerprint density at radius 1 is 1.68 bits per heavy atom. The average molecular weight is 343 g/mol. The van der Waals surface area contributed by atoms with E-state index in [9.17, 15) is 4.79 Å². The number of likely N-dealkylation sites (tertiary alicyclic amines) is 1. The summed E-state index contributed by atoms with van der Waals surface area (Å²) in [5.41, 5.74) is 5.94. The number of hydrogen-bond donors (Lipinski definition) is 1. The van der Waals surface area contributed by atoms with Crippen LogP contribution in [-0.2, 0) is 4.79 Å². The van der Waals surface area contributed by atoms with E-state index in [1.165, 1.54) is 0 Å². The van der Waals surface area contributed by atoms with Gasteiger partial charge in [0.1, 0.15) is 0 Å². The number of halogens is 1. The summed E-state index contributed by atoms with van der Waals surface area (Å²) in [5, 5.41) is 2.01. The molecule has 0 radical (unpaired) electrons. The number of nitrogens with zero attached hydrogens (tertiary/aromatic N) is 1. The molecular weight excluding hydrogens is 324 g/mol. The highest BCUT2D eigenvalue weighted by Crippen LogP contribution is 2.22. The lowest BCUT2D eigenvalue weighted by atomic mass is 9.92. The van der Waals surface area contributed by atoms with Crippen LogP contribution in [0, 0.1) is 5.92 Å². The minimum Gasteiger partial charge on any atom is -0.339 e. The Bertz CT molecular complexity index is 470. The van der Waals surface area contributed by atoms with E-state index in [1.54, 1.807) is 17.4 Å². The second-order valence-corrected chi connectivity index (χ2v) is 6.90. The van der Waals surface area contributed by atoms with Crippen molar-refractivity contribution < 1.29 is 4.79 Å². The van der Waals surface area contributed by atoms with Gasteiger partial charge in [0.2, 0.25) is 5.91 Å². The second kappa shape index (κ2) is 6.68. The zero-order valence-electron chi connectivity index (χ0n) is 11.0. The number of amides is 1. The van der Waals surface area contributed by atoms with E-state index < -0.39 is 0 Å². The van der Waals surface area contributed by atoms with Gasteiger partial charge in [0.15, 0.2) is 0 Å². The lowest BCUT2D eigenvalue weighted by molar-refractivity contribution is -0.127. The quantitative estimate of drug-likeness (QED) is 0.858. The molecule has 2 atom stereocenters. The third-order valence-corrected chi connectivity index (χ3v) is 5.15. The van der Waals surface area contributed by atoms with Crippen LogP contribution in [0.25, 0.3) is 6.08 Å². The number of rotatable bonds is 3. The lowest BCUT2D eigenvalue weighted by Crippen LogP contribution is -2.44. The van der Waals surface area contributed by atoms with E-state index in [-0.39, 0.29) is 11.9 Å². The number of thiophene rings is 1. The van der Waals surface area contributed by atoms with E-state index in [2.05, 4.69) is 15.9 Å². The summed E-state index contributed by atoms with van der Waals surface area (Å²) < 4.78 is 1.06. The molecule has 2 N–H and O–H groups in total. The van der Waals surface area contributed by atoms with Crippen LogP contribution in [0.3, 0.4) is 0 Å². The van der Waals surface area contributed by atoms with Crippen molar-refractivity contribution in [3.8, 4) is 0 Å². The van der Waals surface area contributed by atoms with Gasteiger partial charge in [-0.1, -0.05) is 0 Å². The molecule has 5 heteroatoms. The minimum atomic E-state index is 0.0925. The van der Waals surface area contributed by atoms with Crippen molar-refractivity contribution in [2.45, 2.75) is 25.8 Å². The molecule has 0 spiro atoms. The van der Waals surface area contributed by atoms with Gasteiger partial charge in [0, 0.05) is 39.9 Å². The first-order valence-electron chi connectivity index (χ1n) is 6.53. The first kappa shape index (κ1) is 14.8. The van der Waals surface area contributed by atoms with Crippen molar-refractivity contribution in [2.75, 3.05) is 13.1 Å². The van der Waals surface area contributed by atoms with Crippen molar-refractivity contribution in [1.82, 2.24) is 4.90 Å². The second-order valence-electron chi connectivity index (χ2n) is 5.05. The number of piperidine rings is 1. The summed E-state index contributed by atoms with van der Waals surface area (Å²) in [6, 6.07) is 2.17. The summed E-state index contributed by atoms with van der Waals surface area (Å²) in [5.74, 6) is 0.525. The van der Waals surface area contributed by atoms with E-state index in [0.29, 0.717) is 5.92 Å². The molecule has 104 valence electrons. The molecule has 0 aliphatic carbocycles. The maximum absolute atomic E-state index is 12.1. The van der Waals surface area contributed by atoms with Gasteiger partial charge >= 0.3 is 0 Å². The highest BCUT2D eigenvalue weighted by atomic mass is 79.9. The number of hydrogen-bond acceptors (Lipinski definition) is 3. The molecule has 0 saturated carbocycles. The Kier molecular flexibility index (Phi) is 5.19. The van der Waals surface area contributed by atoms with Gasteiger partial charge in [0.05, 0.1) is 0 Å². The molecule has 2 heterocycles. The smallest absolute Gasteiger partial charge is 0.246 e. The van der Waals surface area contributed by atoms with Crippen LogP contribution in [0.2, 0.25) is 0 Å². The van der Waals surface area contributed by atoms with Gasteiger partial charge in [-0.15, -0.1) is 11.3 Å². The predicted molar refractivity (Wildman–Crippen MR) is 84.0 cm³/mol. The third-order valence-electron chi connectivity index (χ3n) is 3.49. The Morgan fingerprint density at radius 3 is 3.11 bits per heavy atom. The first-order valence-corrected chi connectivity index (χ1v) is 8.20. The molecule has 19 heavy (non-hydrogen) atoms. The van der Waals surface area contributed by atoms with Crippen molar-refractivity contribution >= 4 is 39.2 Å². The molecule has 1 amide bonds. The molecule has 1 saturated heterocycles. The van der Waals surface area contributed by atoms with Crippen molar-refractivity contribution in [2.24, 2.45) is 11.7 Å². The van der Waals surface area contributed by atoms with Crippen molar-refractivity contribution in [3.05, 3.63) is 26.9 Å². The molecule has 1 aromatic rings. The largest absolute Gasteiger partial charge is 0.339 e. The van der Waals surface area contributed by atoms with Crippen LogP contribution in [0.15, 0.2) is 22.0 Å². The Morgan fingerprint density at radius 2 is 2.47 bits per heavy atom. The lowest BCUT2D eigenvalue weighted by Gasteiger charge is -2.34. The summed E-state index contributed by atoms with van der Waals surface area (Å²) in [6.45, 7) is 3.66. The van der Waals surface area contributed by atoms with Gasteiger partial charge < -0.3 is 10.6 Å². The predicted octanol–water partition coefficient (Wildman–Crippen LogP) is 3.11. The van der Waals surface area contributed by atoms with Crippen LogP contribution < -0.4 is 5.73 Å². The number of carbonyl (C=O) groups is 1. The van der Waals surface area contributed by atoms with E-state index >= 15 is 0 Å². The fraction of sp³-hybridized carbons (Fsp3) is 0.500. The summed E-state index contributed by atoms with van der Waals surface area (Å²) in [7, 11) is 0. The zero-order chi connectivity index (χ0) is 13.8. The van der Waals surface area contributed by atoms with E-state index in [4.69, 9.17) is 5.73 Å². The molecule has 1 aliphatic rings. The van der Waals surface area contributed by atoms with Gasteiger partial charge in [-0.05, 0) is 53.8 Å². The molecule has 0 bridgehead atoms. The van der Waals surface area contributed by atoms with E-state index in [1.807, 2.05) is 29.3 Å². The number of nitrogens with two attached hydrogens (primary N) is 1. The van der Waals surface area contributed by atoms with Crippen LogP contribution >= 0.6 is 27.3 Å². The molecule has 1 aliphatic heterocycles. The molecular formula is C14H19BrN2OS. The monoisotopic (exact) mass is 342 g/mol.